The topological polar surface area (TPSA) is 57.8 Å². The Morgan fingerprint density at radius 3 is 3.00 bits per heavy atom. The van der Waals surface area contributed by atoms with E-state index in [1.165, 1.54) is 0 Å². The van der Waals surface area contributed by atoms with E-state index in [1.807, 2.05) is 6.92 Å². The van der Waals surface area contributed by atoms with Gasteiger partial charge in [-0.15, -0.1) is 0 Å². The SMILES string of the molecule is Cc1[nH]ncc1CNS(C)=O. The maximum atomic E-state index is 10.6. The molecule has 2 N–H and O–H groups in total. The maximum absolute atomic E-state index is 10.6. The normalized spacial score (nSPS) is 13.3. The molecule has 1 rings (SSSR count). The van der Waals surface area contributed by atoms with Crippen LogP contribution in [0.4, 0.5) is 0 Å². The van der Waals surface area contributed by atoms with Crippen LogP contribution >= 0.6 is 0 Å². The lowest BCUT2D eigenvalue weighted by molar-refractivity contribution is 0.676. The predicted molar refractivity (Wildman–Crippen MR) is 44.2 cm³/mol. The van der Waals surface area contributed by atoms with Crippen molar-refractivity contribution in [1.29, 1.82) is 0 Å². The second-order valence-electron chi connectivity index (χ2n) is 2.30. The molecule has 1 atom stereocenters. The van der Waals surface area contributed by atoms with Crippen molar-refractivity contribution in [3.05, 3.63) is 17.5 Å². The Morgan fingerprint density at radius 2 is 2.55 bits per heavy atom. The van der Waals surface area contributed by atoms with Gasteiger partial charge in [0, 0.05) is 24.1 Å². The molecular formula is C6H11N3OS. The van der Waals surface area contributed by atoms with Crippen LogP contribution in [-0.2, 0) is 17.5 Å². The number of nitrogens with one attached hydrogen (secondary N) is 2. The molecule has 0 bridgehead atoms. The van der Waals surface area contributed by atoms with Gasteiger partial charge < -0.3 is 0 Å². The van der Waals surface area contributed by atoms with Gasteiger partial charge in [0.1, 0.15) is 0 Å². The van der Waals surface area contributed by atoms with Gasteiger partial charge in [-0.25, -0.2) is 8.93 Å². The highest BCUT2D eigenvalue weighted by Gasteiger charge is 1.99. The molecule has 5 heteroatoms. The third kappa shape index (κ3) is 2.44. The third-order valence-corrected chi connectivity index (χ3v) is 1.95. The summed E-state index contributed by atoms with van der Waals surface area (Å²) in [4.78, 5) is 0. The fourth-order valence-corrected chi connectivity index (χ4v) is 1.09. The van der Waals surface area contributed by atoms with Gasteiger partial charge in [-0.3, -0.25) is 5.10 Å². The van der Waals surface area contributed by atoms with Gasteiger partial charge in [0.15, 0.2) is 0 Å². The van der Waals surface area contributed by atoms with E-state index in [9.17, 15) is 4.21 Å². The van der Waals surface area contributed by atoms with Crippen molar-refractivity contribution in [2.45, 2.75) is 13.5 Å². The van der Waals surface area contributed by atoms with E-state index in [2.05, 4.69) is 14.9 Å². The minimum atomic E-state index is -0.950. The van der Waals surface area contributed by atoms with E-state index in [0.717, 1.165) is 11.3 Å². The molecule has 0 aromatic carbocycles. The zero-order valence-corrected chi connectivity index (χ0v) is 7.36. The van der Waals surface area contributed by atoms with Crippen molar-refractivity contribution in [2.24, 2.45) is 0 Å². The van der Waals surface area contributed by atoms with Crippen LogP contribution < -0.4 is 4.72 Å². The summed E-state index contributed by atoms with van der Waals surface area (Å²) in [6.07, 6.45) is 3.34. The molecule has 11 heavy (non-hydrogen) atoms. The highest BCUT2D eigenvalue weighted by Crippen LogP contribution is 2.00. The Morgan fingerprint density at radius 1 is 1.82 bits per heavy atom. The minimum absolute atomic E-state index is 0.603. The second kappa shape index (κ2) is 3.64. The quantitative estimate of drug-likeness (QED) is 0.681. The van der Waals surface area contributed by atoms with E-state index in [0.29, 0.717) is 6.54 Å². The maximum Gasteiger partial charge on any atom is 0.0886 e. The van der Waals surface area contributed by atoms with Crippen LogP contribution in [0.5, 0.6) is 0 Å². The van der Waals surface area contributed by atoms with Crippen molar-refractivity contribution in [3.8, 4) is 0 Å². The second-order valence-corrected chi connectivity index (χ2v) is 3.49. The molecule has 0 aliphatic carbocycles. The van der Waals surface area contributed by atoms with E-state index in [-0.39, 0.29) is 0 Å². The lowest BCUT2D eigenvalue weighted by atomic mass is 10.3. The number of H-pyrrole nitrogens is 1. The summed E-state index contributed by atoms with van der Waals surface area (Å²) >= 11 is 0. The highest BCUT2D eigenvalue weighted by molar-refractivity contribution is 7.82. The van der Waals surface area contributed by atoms with E-state index >= 15 is 0 Å². The molecule has 4 nitrogen and oxygen atoms in total. The van der Waals surface area contributed by atoms with Gasteiger partial charge in [-0.05, 0) is 6.92 Å². The van der Waals surface area contributed by atoms with Crippen molar-refractivity contribution < 1.29 is 4.21 Å². The Balaban J connectivity index is 2.51. The average molecular weight is 173 g/mol. The summed E-state index contributed by atoms with van der Waals surface area (Å²) < 4.78 is 13.4. The molecule has 0 spiro atoms. The largest absolute Gasteiger partial charge is 0.283 e. The fourth-order valence-electron chi connectivity index (χ4n) is 0.733. The van der Waals surface area contributed by atoms with Crippen LogP contribution in [0.3, 0.4) is 0 Å². The number of aryl methyl sites for hydroxylation is 1. The molecule has 0 aliphatic rings. The summed E-state index contributed by atoms with van der Waals surface area (Å²) in [5, 5.41) is 6.64. The van der Waals surface area contributed by atoms with Gasteiger partial charge in [0.25, 0.3) is 0 Å². The van der Waals surface area contributed by atoms with Crippen LogP contribution in [-0.4, -0.2) is 20.7 Å². The van der Waals surface area contributed by atoms with Crippen molar-refractivity contribution in [3.63, 3.8) is 0 Å². The Bertz CT molecular complexity index is 258. The zero-order valence-electron chi connectivity index (χ0n) is 6.55. The van der Waals surface area contributed by atoms with Crippen molar-refractivity contribution in [2.75, 3.05) is 6.26 Å². The molecule has 0 fully saturated rings. The number of hydrogen-bond donors (Lipinski definition) is 2. The van der Waals surface area contributed by atoms with Crippen LogP contribution in [0, 0.1) is 6.92 Å². The first-order valence-electron chi connectivity index (χ1n) is 3.26. The van der Waals surface area contributed by atoms with E-state index in [1.54, 1.807) is 12.5 Å². The fraction of sp³-hybridized carbons (Fsp3) is 0.500. The van der Waals surface area contributed by atoms with Crippen LogP contribution in [0.25, 0.3) is 0 Å². The molecule has 1 aromatic rings. The van der Waals surface area contributed by atoms with Crippen LogP contribution in [0.2, 0.25) is 0 Å². The predicted octanol–water partition coefficient (Wildman–Crippen LogP) is 0.101. The van der Waals surface area contributed by atoms with Gasteiger partial charge >= 0.3 is 0 Å². The molecule has 1 unspecified atom stereocenters. The first kappa shape index (κ1) is 8.42. The smallest absolute Gasteiger partial charge is 0.0886 e. The standard InChI is InChI=1S/C6H11N3OS/c1-5-6(3-7-9-5)4-8-11(2)10/h3,8H,4H2,1-2H3,(H,7,9). The van der Waals surface area contributed by atoms with E-state index < -0.39 is 11.0 Å². The molecule has 0 radical (unpaired) electrons. The van der Waals surface area contributed by atoms with Gasteiger partial charge in [0.2, 0.25) is 0 Å². The zero-order chi connectivity index (χ0) is 8.27. The first-order chi connectivity index (χ1) is 5.20. The summed E-state index contributed by atoms with van der Waals surface area (Å²) in [5.41, 5.74) is 2.07. The lowest BCUT2D eigenvalue weighted by Crippen LogP contribution is -2.14. The van der Waals surface area contributed by atoms with Crippen molar-refractivity contribution >= 4 is 11.0 Å². The first-order valence-corrected chi connectivity index (χ1v) is 4.81. The number of hydrogen-bond acceptors (Lipinski definition) is 2. The van der Waals surface area contributed by atoms with Crippen molar-refractivity contribution in [1.82, 2.24) is 14.9 Å². The Hall–Kier alpha value is -0.680. The molecule has 62 valence electrons. The summed E-state index contributed by atoms with van der Waals surface area (Å²) in [7, 11) is -0.950. The monoisotopic (exact) mass is 173 g/mol. The van der Waals surface area contributed by atoms with Gasteiger partial charge in [-0.1, -0.05) is 0 Å². The van der Waals surface area contributed by atoms with Gasteiger partial charge in [-0.2, -0.15) is 5.10 Å². The van der Waals surface area contributed by atoms with Crippen LogP contribution in [0.15, 0.2) is 6.20 Å². The average Bonchev–Trinajstić information content (AvgIpc) is 2.31. The summed E-state index contributed by atoms with van der Waals surface area (Å²) in [6, 6.07) is 0. The number of nitrogens with zero attached hydrogens (tertiary/aromatic N) is 1. The summed E-state index contributed by atoms with van der Waals surface area (Å²) in [6.45, 7) is 2.54. The molecule has 1 aromatic heterocycles. The third-order valence-electron chi connectivity index (χ3n) is 1.40. The molecule has 1 heterocycles. The molecule has 0 amide bonds. The molecular weight excluding hydrogens is 162 g/mol. The van der Waals surface area contributed by atoms with Crippen LogP contribution in [0.1, 0.15) is 11.3 Å². The Kier molecular flexibility index (Phi) is 2.78. The van der Waals surface area contributed by atoms with Gasteiger partial charge in [0.05, 0.1) is 17.2 Å². The number of rotatable bonds is 3. The highest BCUT2D eigenvalue weighted by atomic mass is 32.2. The molecule has 0 saturated heterocycles. The summed E-state index contributed by atoms with van der Waals surface area (Å²) in [5.74, 6) is 0. The van der Waals surface area contributed by atoms with E-state index in [4.69, 9.17) is 0 Å². The minimum Gasteiger partial charge on any atom is -0.283 e. The Labute approximate surface area is 68.0 Å². The number of aromatic nitrogens is 2. The molecule has 0 saturated carbocycles. The number of aromatic amines is 1. The lowest BCUT2D eigenvalue weighted by Gasteiger charge is -1.97. The molecule has 0 aliphatic heterocycles.